The molecular formula is C19H17F3N4O4S. The van der Waals surface area contributed by atoms with Crippen LogP contribution in [0.3, 0.4) is 0 Å². The van der Waals surface area contributed by atoms with Gasteiger partial charge in [-0.15, -0.1) is 13.2 Å². The van der Waals surface area contributed by atoms with Gasteiger partial charge in [-0.2, -0.15) is 0 Å². The number of ether oxygens (including phenoxy) is 1. The zero-order valence-electron chi connectivity index (χ0n) is 15.8. The van der Waals surface area contributed by atoms with E-state index < -0.39 is 16.4 Å². The molecule has 0 spiro atoms. The van der Waals surface area contributed by atoms with Crippen LogP contribution in [0.25, 0.3) is 11.3 Å². The van der Waals surface area contributed by atoms with Gasteiger partial charge in [-0.05, 0) is 48.4 Å². The Morgan fingerprint density at radius 2 is 1.77 bits per heavy atom. The van der Waals surface area contributed by atoms with Gasteiger partial charge in [-0.3, -0.25) is 0 Å². The molecule has 1 aromatic heterocycles. The Kier molecular flexibility index (Phi) is 6.43. The number of aliphatic hydroxyl groups excluding tert-OH is 1. The van der Waals surface area contributed by atoms with Crippen molar-refractivity contribution in [1.29, 1.82) is 0 Å². The molecular weight excluding hydrogens is 437 g/mol. The second-order valence-electron chi connectivity index (χ2n) is 6.32. The van der Waals surface area contributed by atoms with E-state index in [2.05, 4.69) is 20.0 Å². The van der Waals surface area contributed by atoms with Gasteiger partial charge in [-0.25, -0.2) is 23.5 Å². The van der Waals surface area contributed by atoms with Crippen LogP contribution in [0, 0.1) is 0 Å². The van der Waals surface area contributed by atoms with Gasteiger partial charge in [0.2, 0.25) is 10.0 Å². The zero-order chi connectivity index (χ0) is 22.6. The van der Waals surface area contributed by atoms with E-state index in [1.54, 1.807) is 6.07 Å². The number of hydrogen-bond acceptors (Lipinski definition) is 7. The number of halogens is 3. The first-order valence-electron chi connectivity index (χ1n) is 8.77. The van der Waals surface area contributed by atoms with E-state index in [1.165, 1.54) is 36.7 Å². The number of anilines is 2. The van der Waals surface area contributed by atoms with Crippen molar-refractivity contribution in [2.45, 2.75) is 17.7 Å². The van der Waals surface area contributed by atoms with E-state index in [0.29, 0.717) is 28.3 Å². The first kappa shape index (κ1) is 22.5. The summed E-state index contributed by atoms with van der Waals surface area (Å²) in [5.74, 6) is -0.00928. The minimum absolute atomic E-state index is 0.0896. The fourth-order valence-corrected chi connectivity index (χ4v) is 3.35. The maximum Gasteiger partial charge on any atom is 0.573 e. The fourth-order valence-electron chi connectivity index (χ4n) is 2.79. The van der Waals surface area contributed by atoms with Crippen molar-refractivity contribution in [3.05, 3.63) is 60.4 Å². The Labute approximate surface area is 175 Å². The van der Waals surface area contributed by atoms with Gasteiger partial charge in [0.05, 0.1) is 10.6 Å². The van der Waals surface area contributed by atoms with E-state index in [9.17, 15) is 26.7 Å². The van der Waals surface area contributed by atoms with Crippen LogP contribution in [0.1, 0.15) is 5.56 Å². The average molecular weight is 454 g/mol. The molecule has 0 aliphatic carbocycles. The molecule has 3 aromatic rings. The van der Waals surface area contributed by atoms with Crippen LogP contribution in [-0.4, -0.2) is 36.5 Å². The lowest BCUT2D eigenvalue weighted by Gasteiger charge is -2.12. The predicted molar refractivity (Wildman–Crippen MR) is 106 cm³/mol. The molecule has 2 aromatic carbocycles. The van der Waals surface area contributed by atoms with Gasteiger partial charge in [-0.1, -0.05) is 6.07 Å². The molecule has 0 amide bonds. The summed E-state index contributed by atoms with van der Waals surface area (Å²) in [5, 5.41) is 17.4. The van der Waals surface area contributed by atoms with Crippen LogP contribution < -0.4 is 15.2 Å². The first-order valence-corrected chi connectivity index (χ1v) is 10.3. The van der Waals surface area contributed by atoms with Crippen LogP contribution in [-0.2, 0) is 16.4 Å². The van der Waals surface area contributed by atoms with Gasteiger partial charge < -0.3 is 15.2 Å². The number of nitrogens with two attached hydrogens (primary N) is 1. The Hall–Kier alpha value is -3.22. The topological polar surface area (TPSA) is 127 Å². The fraction of sp³-hybridized carbons (Fsp3) is 0.158. The van der Waals surface area contributed by atoms with Gasteiger partial charge in [0, 0.05) is 23.9 Å². The molecule has 3 rings (SSSR count). The summed E-state index contributed by atoms with van der Waals surface area (Å²) in [6.45, 7) is -0.219. The predicted octanol–water partition coefficient (Wildman–Crippen LogP) is 2.97. The highest BCUT2D eigenvalue weighted by molar-refractivity contribution is 7.89. The van der Waals surface area contributed by atoms with Gasteiger partial charge >= 0.3 is 6.36 Å². The highest BCUT2D eigenvalue weighted by atomic mass is 32.2. The second-order valence-corrected chi connectivity index (χ2v) is 7.88. The number of aromatic nitrogens is 2. The minimum atomic E-state index is -4.78. The molecule has 0 saturated heterocycles. The molecule has 1 heterocycles. The van der Waals surface area contributed by atoms with E-state index in [4.69, 9.17) is 5.14 Å². The molecule has 0 unspecified atom stereocenters. The third-order valence-electron chi connectivity index (χ3n) is 4.09. The molecule has 0 saturated carbocycles. The maximum absolute atomic E-state index is 12.3. The summed E-state index contributed by atoms with van der Waals surface area (Å²) >= 11 is 0. The Balaban J connectivity index is 1.86. The number of aliphatic hydroxyl groups is 1. The monoisotopic (exact) mass is 454 g/mol. The summed E-state index contributed by atoms with van der Waals surface area (Å²) in [6.07, 6.45) is -3.33. The summed E-state index contributed by atoms with van der Waals surface area (Å²) < 4.78 is 63.8. The molecule has 0 atom stereocenters. The molecule has 0 aliphatic rings. The van der Waals surface area contributed by atoms with E-state index in [-0.39, 0.29) is 23.7 Å². The Morgan fingerprint density at radius 1 is 1.06 bits per heavy atom. The number of primary sulfonamides is 1. The van der Waals surface area contributed by atoms with Gasteiger partial charge in [0.1, 0.15) is 17.9 Å². The number of nitrogens with one attached hydrogen (secondary N) is 1. The Morgan fingerprint density at radius 3 is 2.39 bits per heavy atom. The SMILES string of the molecule is NS(=O)(=O)c1ccc(-c2cc(Nc3ccc(OC(F)(F)F)cc3)ncn2)c(CCO)c1. The van der Waals surface area contributed by atoms with Crippen molar-refractivity contribution < 1.29 is 31.4 Å². The lowest BCUT2D eigenvalue weighted by Crippen LogP contribution is -2.16. The maximum atomic E-state index is 12.3. The molecule has 8 nitrogen and oxygen atoms in total. The molecule has 4 N–H and O–H groups in total. The molecule has 0 bridgehead atoms. The third-order valence-corrected chi connectivity index (χ3v) is 5.00. The van der Waals surface area contributed by atoms with E-state index >= 15 is 0 Å². The largest absolute Gasteiger partial charge is 0.573 e. The Bertz CT molecular complexity index is 1170. The molecule has 0 aliphatic heterocycles. The molecule has 0 fully saturated rings. The van der Waals surface area contributed by atoms with E-state index in [1.807, 2.05) is 0 Å². The first-order chi connectivity index (χ1) is 14.5. The molecule has 31 heavy (non-hydrogen) atoms. The number of benzene rings is 2. The highest BCUT2D eigenvalue weighted by Crippen LogP contribution is 2.28. The van der Waals surface area contributed by atoms with Crippen LogP contribution in [0.15, 0.2) is 59.8 Å². The lowest BCUT2D eigenvalue weighted by atomic mass is 10.0. The van der Waals surface area contributed by atoms with Crippen molar-refractivity contribution >= 4 is 21.5 Å². The number of hydrogen-bond donors (Lipinski definition) is 3. The van der Waals surface area contributed by atoms with Gasteiger partial charge in [0.15, 0.2) is 0 Å². The summed E-state index contributed by atoms with van der Waals surface area (Å²) in [5.41, 5.74) is 1.99. The molecule has 12 heteroatoms. The van der Waals surface area contributed by atoms with E-state index in [0.717, 1.165) is 12.1 Å². The number of rotatable bonds is 7. The quantitative estimate of drug-likeness (QED) is 0.501. The normalized spacial score (nSPS) is 11.9. The van der Waals surface area contributed by atoms with Crippen LogP contribution in [0.2, 0.25) is 0 Å². The average Bonchev–Trinajstić information content (AvgIpc) is 2.68. The smallest absolute Gasteiger partial charge is 0.406 e. The minimum Gasteiger partial charge on any atom is -0.406 e. The third kappa shape index (κ3) is 6.13. The van der Waals surface area contributed by atoms with Crippen molar-refractivity contribution in [3.63, 3.8) is 0 Å². The number of sulfonamides is 1. The lowest BCUT2D eigenvalue weighted by molar-refractivity contribution is -0.274. The summed E-state index contributed by atoms with van der Waals surface area (Å²) in [6, 6.07) is 10.9. The number of alkyl halides is 3. The van der Waals surface area contributed by atoms with Gasteiger partial charge in [0.25, 0.3) is 0 Å². The van der Waals surface area contributed by atoms with Crippen molar-refractivity contribution in [1.82, 2.24) is 9.97 Å². The van der Waals surface area contributed by atoms with Crippen molar-refractivity contribution in [2.75, 3.05) is 11.9 Å². The van der Waals surface area contributed by atoms with Crippen molar-refractivity contribution in [2.24, 2.45) is 5.14 Å². The zero-order valence-corrected chi connectivity index (χ0v) is 16.6. The standard InChI is InChI=1S/C19H17F3N4O4S/c20-19(21,22)30-14-3-1-13(2-4-14)26-18-10-17(24-11-25-18)16-6-5-15(31(23,28)29)9-12(16)7-8-27/h1-6,9-11,27H,7-8H2,(H2,23,28,29)(H,24,25,26). The summed E-state index contributed by atoms with van der Waals surface area (Å²) in [4.78, 5) is 8.17. The van der Waals surface area contributed by atoms with Crippen molar-refractivity contribution in [3.8, 4) is 17.0 Å². The summed E-state index contributed by atoms with van der Waals surface area (Å²) in [7, 11) is -3.91. The van der Waals surface area contributed by atoms with Crippen LogP contribution in [0.4, 0.5) is 24.7 Å². The number of nitrogens with zero attached hydrogens (tertiary/aromatic N) is 2. The van der Waals surface area contributed by atoms with Crippen LogP contribution >= 0.6 is 0 Å². The second kappa shape index (κ2) is 8.88. The highest BCUT2D eigenvalue weighted by Gasteiger charge is 2.30. The molecule has 164 valence electrons. The van der Waals surface area contributed by atoms with Crippen LogP contribution in [0.5, 0.6) is 5.75 Å². The molecule has 0 radical (unpaired) electrons.